The van der Waals surface area contributed by atoms with Crippen LogP contribution in [0.5, 0.6) is 0 Å². The molecule has 0 aromatic carbocycles. The van der Waals surface area contributed by atoms with Gasteiger partial charge in [0, 0.05) is 23.8 Å². The molecule has 1 heterocycles. The molecule has 1 aliphatic heterocycles. The Morgan fingerprint density at radius 1 is 1.39 bits per heavy atom. The number of amides is 1. The standard InChI is InChI=1S/C15H26BrNO/c1-12(2)9-15(6-3-4-7-15)14(18)17-8-5-13(10-16)11-17/h12-13H,3-11H2,1-2H3. The monoisotopic (exact) mass is 315 g/mol. The summed E-state index contributed by atoms with van der Waals surface area (Å²) in [5.41, 5.74) is -0.00459. The minimum Gasteiger partial charge on any atom is -0.342 e. The van der Waals surface area contributed by atoms with Crippen molar-refractivity contribution in [2.45, 2.75) is 52.4 Å². The number of hydrogen-bond acceptors (Lipinski definition) is 1. The summed E-state index contributed by atoms with van der Waals surface area (Å²) in [7, 11) is 0. The molecule has 0 spiro atoms. The molecular weight excluding hydrogens is 290 g/mol. The summed E-state index contributed by atoms with van der Waals surface area (Å²) in [6.45, 7) is 6.45. The van der Waals surface area contributed by atoms with E-state index in [1.807, 2.05) is 0 Å². The van der Waals surface area contributed by atoms with E-state index < -0.39 is 0 Å². The predicted molar refractivity (Wildman–Crippen MR) is 78.8 cm³/mol. The number of rotatable bonds is 4. The van der Waals surface area contributed by atoms with E-state index >= 15 is 0 Å². The molecule has 1 unspecified atom stereocenters. The number of carbonyl (C=O) groups is 1. The number of nitrogens with zero attached hydrogens (tertiary/aromatic N) is 1. The number of carbonyl (C=O) groups excluding carboxylic acids is 1. The molecule has 0 N–H and O–H groups in total. The second kappa shape index (κ2) is 5.94. The molecule has 2 fully saturated rings. The Labute approximate surface area is 120 Å². The van der Waals surface area contributed by atoms with Crippen molar-refractivity contribution in [2.24, 2.45) is 17.3 Å². The van der Waals surface area contributed by atoms with Gasteiger partial charge in [0.1, 0.15) is 0 Å². The van der Waals surface area contributed by atoms with Crippen molar-refractivity contribution >= 4 is 21.8 Å². The Hall–Kier alpha value is -0.0500. The highest BCUT2D eigenvalue weighted by Gasteiger charge is 2.44. The Morgan fingerprint density at radius 3 is 2.56 bits per heavy atom. The number of alkyl halides is 1. The van der Waals surface area contributed by atoms with Gasteiger partial charge in [-0.15, -0.1) is 0 Å². The average Bonchev–Trinajstić information content (AvgIpc) is 2.96. The molecule has 0 bridgehead atoms. The van der Waals surface area contributed by atoms with Crippen LogP contribution in [0.4, 0.5) is 0 Å². The van der Waals surface area contributed by atoms with Gasteiger partial charge in [0.05, 0.1) is 0 Å². The van der Waals surface area contributed by atoms with Crippen molar-refractivity contribution in [2.75, 3.05) is 18.4 Å². The topological polar surface area (TPSA) is 20.3 Å². The Kier molecular flexibility index (Phi) is 4.74. The summed E-state index contributed by atoms with van der Waals surface area (Å²) < 4.78 is 0. The largest absolute Gasteiger partial charge is 0.342 e. The molecule has 2 rings (SSSR count). The highest BCUT2D eigenvalue weighted by Crippen LogP contribution is 2.45. The van der Waals surface area contributed by atoms with E-state index in [0.29, 0.717) is 17.7 Å². The van der Waals surface area contributed by atoms with Crippen molar-refractivity contribution in [3.05, 3.63) is 0 Å². The maximum Gasteiger partial charge on any atom is 0.228 e. The van der Waals surface area contributed by atoms with Crippen LogP contribution < -0.4 is 0 Å². The lowest BCUT2D eigenvalue weighted by Gasteiger charge is -2.33. The maximum atomic E-state index is 12.9. The van der Waals surface area contributed by atoms with Crippen molar-refractivity contribution < 1.29 is 4.79 Å². The zero-order valence-electron chi connectivity index (χ0n) is 11.8. The van der Waals surface area contributed by atoms with Gasteiger partial charge in [0.25, 0.3) is 0 Å². The van der Waals surface area contributed by atoms with E-state index in [1.165, 1.54) is 19.3 Å². The van der Waals surface area contributed by atoms with Crippen LogP contribution in [0.15, 0.2) is 0 Å². The van der Waals surface area contributed by atoms with Crippen molar-refractivity contribution in [3.63, 3.8) is 0 Å². The van der Waals surface area contributed by atoms with Crippen molar-refractivity contribution in [3.8, 4) is 0 Å². The average molecular weight is 316 g/mol. The normalized spacial score (nSPS) is 27.1. The Balaban J connectivity index is 2.05. The molecule has 1 aliphatic carbocycles. The van der Waals surface area contributed by atoms with Gasteiger partial charge in [-0.3, -0.25) is 4.79 Å². The van der Waals surface area contributed by atoms with Crippen molar-refractivity contribution in [1.29, 1.82) is 0 Å². The summed E-state index contributed by atoms with van der Waals surface area (Å²) in [6.07, 6.45) is 7.00. The molecule has 3 heteroatoms. The second-order valence-corrected chi connectivity index (χ2v) is 7.29. The quantitative estimate of drug-likeness (QED) is 0.722. The third-order valence-corrected chi connectivity index (χ3v) is 5.52. The molecule has 1 amide bonds. The van der Waals surface area contributed by atoms with Gasteiger partial charge in [0.2, 0.25) is 5.91 Å². The first-order valence-corrected chi connectivity index (χ1v) is 8.55. The minimum absolute atomic E-state index is 0.00459. The van der Waals surface area contributed by atoms with E-state index in [4.69, 9.17) is 0 Å². The fourth-order valence-corrected chi connectivity index (χ4v) is 4.35. The lowest BCUT2D eigenvalue weighted by atomic mass is 9.77. The SMILES string of the molecule is CC(C)CC1(C(=O)N2CCC(CBr)C2)CCCC1. The Bertz CT molecular complexity index is 297. The van der Waals surface area contributed by atoms with Crippen molar-refractivity contribution in [1.82, 2.24) is 4.90 Å². The van der Waals surface area contributed by atoms with E-state index in [9.17, 15) is 4.79 Å². The fourth-order valence-electron chi connectivity index (χ4n) is 3.82. The molecule has 2 nitrogen and oxygen atoms in total. The minimum atomic E-state index is -0.00459. The smallest absolute Gasteiger partial charge is 0.228 e. The first-order chi connectivity index (χ1) is 8.57. The summed E-state index contributed by atoms with van der Waals surface area (Å²) in [6, 6.07) is 0. The maximum absolute atomic E-state index is 12.9. The molecule has 104 valence electrons. The molecule has 18 heavy (non-hydrogen) atoms. The van der Waals surface area contributed by atoms with Gasteiger partial charge >= 0.3 is 0 Å². The third-order valence-electron chi connectivity index (χ3n) is 4.60. The van der Waals surface area contributed by atoms with E-state index in [0.717, 1.165) is 37.7 Å². The van der Waals surface area contributed by atoms with Gasteiger partial charge < -0.3 is 4.90 Å². The molecule has 1 saturated heterocycles. The molecule has 1 atom stereocenters. The van der Waals surface area contributed by atoms with Gasteiger partial charge in [-0.25, -0.2) is 0 Å². The van der Waals surface area contributed by atoms with Gasteiger partial charge in [-0.05, 0) is 37.5 Å². The van der Waals surface area contributed by atoms with Crippen LogP contribution in [0.2, 0.25) is 0 Å². The van der Waals surface area contributed by atoms with Crippen LogP contribution in [-0.4, -0.2) is 29.2 Å². The third kappa shape index (κ3) is 2.92. The first kappa shape index (κ1) is 14.4. The van der Waals surface area contributed by atoms with Crippen LogP contribution in [0, 0.1) is 17.3 Å². The number of hydrogen-bond donors (Lipinski definition) is 0. The van der Waals surface area contributed by atoms with Gasteiger partial charge in [0.15, 0.2) is 0 Å². The van der Waals surface area contributed by atoms with Crippen LogP contribution in [0.25, 0.3) is 0 Å². The van der Waals surface area contributed by atoms with Gasteiger partial charge in [-0.2, -0.15) is 0 Å². The number of halogens is 1. The summed E-state index contributed by atoms with van der Waals surface area (Å²) in [5.74, 6) is 1.77. The molecule has 1 saturated carbocycles. The predicted octanol–water partition coefficient (Wildman–Crippen LogP) is 3.84. The van der Waals surface area contributed by atoms with Crippen LogP contribution in [-0.2, 0) is 4.79 Å². The lowest BCUT2D eigenvalue weighted by molar-refractivity contribution is -0.142. The summed E-state index contributed by atoms with van der Waals surface area (Å²) in [5, 5.41) is 1.04. The van der Waals surface area contributed by atoms with Crippen LogP contribution in [0.3, 0.4) is 0 Å². The molecule has 0 aromatic rings. The summed E-state index contributed by atoms with van der Waals surface area (Å²) >= 11 is 3.55. The summed E-state index contributed by atoms with van der Waals surface area (Å²) in [4.78, 5) is 15.0. The molecular formula is C15H26BrNO. The van der Waals surface area contributed by atoms with Gasteiger partial charge in [-0.1, -0.05) is 42.6 Å². The van der Waals surface area contributed by atoms with Crippen LogP contribution in [0.1, 0.15) is 52.4 Å². The van der Waals surface area contributed by atoms with Crippen LogP contribution >= 0.6 is 15.9 Å². The Morgan fingerprint density at radius 2 is 2.06 bits per heavy atom. The zero-order chi connectivity index (χ0) is 13.2. The first-order valence-electron chi connectivity index (χ1n) is 7.43. The highest BCUT2D eigenvalue weighted by atomic mass is 79.9. The fraction of sp³-hybridized carbons (Fsp3) is 0.933. The second-order valence-electron chi connectivity index (χ2n) is 6.65. The highest BCUT2D eigenvalue weighted by molar-refractivity contribution is 9.09. The number of likely N-dealkylation sites (tertiary alicyclic amines) is 1. The van der Waals surface area contributed by atoms with E-state index in [-0.39, 0.29) is 5.41 Å². The zero-order valence-corrected chi connectivity index (χ0v) is 13.3. The van der Waals surface area contributed by atoms with E-state index in [1.54, 1.807) is 0 Å². The molecule has 2 aliphatic rings. The lowest BCUT2D eigenvalue weighted by Crippen LogP contribution is -2.42. The van der Waals surface area contributed by atoms with E-state index in [2.05, 4.69) is 34.7 Å². The molecule has 0 radical (unpaired) electrons. The molecule has 0 aromatic heterocycles.